The molecule has 8 heteroatoms. The fourth-order valence-corrected chi connectivity index (χ4v) is 4.84. The van der Waals surface area contributed by atoms with Crippen LogP contribution in [0.25, 0.3) is 0 Å². The van der Waals surface area contributed by atoms with E-state index in [1.54, 1.807) is 30.1 Å². The van der Waals surface area contributed by atoms with Gasteiger partial charge in [-0.1, -0.05) is 17.7 Å². The molecule has 1 saturated carbocycles. The van der Waals surface area contributed by atoms with Crippen LogP contribution in [0.15, 0.2) is 36.0 Å². The molecule has 1 aliphatic heterocycles. The molecule has 6 nitrogen and oxygen atoms in total. The number of hydrogen-bond acceptors (Lipinski definition) is 6. The first kappa shape index (κ1) is 19.2. The van der Waals surface area contributed by atoms with E-state index in [4.69, 9.17) is 16.3 Å². The van der Waals surface area contributed by atoms with Crippen molar-refractivity contribution in [3.05, 3.63) is 52.6 Å². The van der Waals surface area contributed by atoms with Crippen molar-refractivity contribution in [3.63, 3.8) is 0 Å². The average Bonchev–Trinajstić information content (AvgIpc) is 3.14. The summed E-state index contributed by atoms with van der Waals surface area (Å²) in [6.45, 7) is 4.22. The molecule has 2 aliphatic rings. The number of hydrogen-bond donors (Lipinski definition) is 1. The van der Waals surface area contributed by atoms with Crippen molar-refractivity contribution in [3.8, 4) is 5.75 Å². The van der Waals surface area contributed by atoms with Gasteiger partial charge in [0.2, 0.25) is 5.91 Å². The zero-order valence-corrected chi connectivity index (χ0v) is 17.3. The molecule has 0 bridgehead atoms. The average molecular weight is 417 g/mol. The first-order chi connectivity index (χ1) is 13.5. The number of ether oxygens (including phenoxy) is 1. The van der Waals surface area contributed by atoms with Crippen molar-refractivity contribution < 1.29 is 9.53 Å². The van der Waals surface area contributed by atoms with Crippen LogP contribution in [-0.2, 0) is 4.79 Å². The third-order valence-electron chi connectivity index (χ3n) is 5.39. The van der Waals surface area contributed by atoms with Gasteiger partial charge in [-0.15, -0.1) is 11.8 Å². The lowest BCUT2D eigenvalue weighted by molar-refractivity contribution is -0.118. The van der Waals surface area contributed by atoms with Crippen LogP contribution < -0.4 is 10.1 Å². The Balaban J connectivity index is 1.48. The highest BCUT2D eigenvalue weighted by atomic mass is 35.5. The van der Waals surface area contributed by atoms with E-state index < -0.39 is 0 Å². The SMILES string of the molecule is Cc1ncc(OC[C@@]2(C3C=CSC3)C[C@H]2C(=O)Nc2ccc(Cl)cn2)c(C)n1. The molecular formula is C20H21ClN4O2S. The van der Waals surface area contributed by atoms with Crippen LogP contribution in [0.3, 0.4) is 0 Å². The molecule has 1 N–H and O–H groups in total. The molecule has 0 radical (unpaired) electrons. The fraction of sp³-hybridized carbons (Fsp3) is 0.400. The topological polar surface area (TPSA) is 77.0 Å². The smallest absolute Gasteiger partial charge is 0.229 e. The molecule has 2 aromatic heterocycles. The lowest BCUT2D eigenvalue weighted by atomic mass is 9.88. The van der Waals surface area contributed by atoms with Crippen LogP contribution in [0.1, 0.15) is 17.9 Å². The summed E-state index contributed by atoms with van der Waals surface area (Å²) in [6.07, 6.45) is 6.21. The number of rotatable bonds is 6. The van der Waals surface area contributed by atoms with Crippen molar-refractivity contribution in [2.45, 2.75) is 20.3 Å². The first-order valence-electron chi connectivity index (χ1n) is 9.12. The lowest BCUT2D eigenvalue weighted by Gasteiger charge is -2.23. The van der Waals surface area contributed by atoms with Crippen molar-refractivity contribution in [2.75, 3.05) is 17.7 Å². The number of thioether (sulfide) groups is 1. The number of anilines is 1. The fourth-order valence-electron chi connectivity index (χ4n) is 3.66. The van der Waals surface area contributed by atoms with E-state index in [2.05, 4.69) is 31.8 Å². The second-order valence-electron chi connectivity index (χ2n) is 7.26. The number of aromatic nitrogens is 3. The predicted octanol–water partition coefficient (Wildman–Crippen LogP) is 4.04. The highest BCUT2D eigenvalue weighted by Crippen LogP contribution is 2.60. The molecular weight excluding hydrogens is 396 g/mol. The predicted molar refractivity (Wildman–Crippen MR) is 111 cm³/mol. The minimum atomic E-state index is -0.214. The number of nitrogens with one attached hydrogen (secondary N) is 1. The highest BCUT2D eigenvalue weighted by Gasteiger charge is 2.62. The van der Waals surface area contributed by atoms with Crippen molar-refractivity contribution >= 4 is 35.1 Å². The summed E-state index contributed by atoms with van der Waals surface area (Å²) in [4.78, 5) is 25.6. The summed E-state index contributed by atoms with van der Waals surface area (Å²) in [6, 6.07) is 3.42. The monoisotopic (exact) mass is 416 g/mol. The Kier molecular flexibility index (Phi) is 5.29. The Bertz CT molecular complexity index is 921. The second kappa shape index (κ2) is 7.72. The van der Waals surface area contributed by atoms with Gasteiger partial charge in [0, 0.05) is 23.3 Å². The zero-order valence-electron chi connectivity index (χ0n) is 15.7. The lowest BCUT2D eigenvalue weighted by Crippen LogP contribution is -2.29. The van der Waals surface area contributed by atoms with E-state index in [0.29, 0.717) is 34.9 Å². The molecule has 1 aliphatic carbocycles. The summed E-state index contributed by atoms with van der Waals surface area (Å²) in [7, 11) is 0. The molecule has 3 heterocycles. The van der Waals surface area contributed by atoms with Gasteiger partial charge in [-0.05, 0) is 43.7 Å². The molecule has 3 atom stereocenters. The second-order valence-corrected chi connectivity index (χ2v) is 8.64. The Morgan fingerprint density at radius 2 is 2.21 bits per heavy atom. The van der Waals surface area contributed by atoms with Crippen LogP contribution in [0.2, 0.25) is 5.02 Å². The van der Waals surface area contributed by atoms with Gasteiger partial charge in [0.15, 0.2) is 5.75 Å². The molecule has 1 unspecified atom stereocenters. The molecule has 4 rings (SSSR count). The number of halogens is 1. The van der Waals surface area contributed by atoms with Crippen molar-refractivity contribution in [1.82, 2.24) is 15.0 Å². The summed E-state index contributed by atoms with van der Waals surface area (Å²) in [5.41, 5.74) is 0.597. The minimum absolute atomic E-state index is 0.0272. The van der Waals surface area contributed by atoms with Gasteiger partial charge < -0.3 is 10.1 Å². The maximum atomic E-state index is 12.9. The van der Waals surface area contributed by atoms with Gasteiger partial charge in [-0.2, -0.15) is 0 Å². The van der Waals surface area contributed by atoms with Gasteiger partial charge in [0.1, 0.15) is 11.6 Å². The number of carbonyl (C=O) groups is 1. The minimum Gasteiger partial charge on any atom is -0.489 e. The van der Waals surface area contributed by atoms with E-state index in [1.807, 2.05) is 13.8 Å². The largest absolute Gasteiger partial charge is 0.489 e. The van der Waals surface area contributed by atoms with Crippen LogP contribution in [-0.4, -0.2) is 33.2 Å². The standard InChI is InChI=1S/C20H21ClN4O2S/c1-12-17(9-22-13(2)24-12)27-11-20(14-5-6-28-10-14)7-16(20)19(26)25-18-4-3-15(21)8-23-18/h3-6,8-9,14,16H,7,10-11H2,1-2H3,(H,23,25,26)/t14?,16-,20+/m0/s1. The van der Waals surface area contributed by atoms with Crippen molar-refractivity contribution in [2.24, 2.45) is 17.3 Å². The third kappa shape index (κ3) is 3.86. The van der Waals surface area contributed by atoms with Crippen LogP contribution in [0.5, 0.6) is 5.75 Å². The number of pyridine rings is 1. The third-order valence-corrected chi connectivity index (χ3v) is 6.51. The zero-order chi connectivity index (χ0) is 19.7. The highest BCUT2D eigenvalue weighted by molar-refractivity contribution is 8.02. The number of nitrogens with zero attached hydrogens (tertiary/aromatic N) is 3. The molecule has 1 amide bonds. The van der Waals surface area contributed by atoms with Crippen LogP contribution in [0, 0.1) is 31.1 Å². The van der Waals surface area contributed by atoms with E-state index in [-0.39, 0.29) is 17.2 Å². The normalized spacial score (nSPS) is 25.5. The molecule has 0 aromatic carbocycles. The Labute approximate surface area is 173 Å². The quantitative estimate of drug-likeness (QED) is 0.765. The number of allylic oxidation sites excluding steroid dienone is 1. The number of carbonyl (C=O) groups excluding carboxylic acids is 1. The summed E-state index contributed by atoms with van der Waals surface area (Å²) in [5.74, 6) is 3.02. The van der Waals surface area contributed by atoms with E-state index in [1.165, 1.54) is 6.20 Å². The Hall–Kier alpha value is -2.12. The van der Waals surface area contributed by atoms with E-state index >= 15 is 0 Å². The summed E-state index contributed by atoms with van der Waals surface area (Å²) < 4.78 is 6.10. The molecule has 0 saturated heterocycles. The van der Waals surface area contributed by atoms with E-state index in [0.717, 1.165) is 17.9 Å². The molecule has 1 fully saturated rings. The Morgan fingerprint density at radius 1 is 1.36 bits per heavy atom. The van der Waals surface area contributed by atoms with Crippen LogP contribution in [0.4, 0.5) is 5.82 Å². The van der Waals surface area contributed by atoms with Gasteiger partial charge in [-0.3, -0.25) is 4.79 Å². The van der Waals surface area contributed by atoms with Gasteiger partial charge in [0.05, 0.1) is 23.5 Å². The first-order valence-corrected chi connectivity index (χ1v) is 10.5. The molecule has 2 aromatic rings. The number of aryl methyl sites for hydroxylation is 2. The van der Waals surface area contributed by atoms with Gasteiger partial charge in [-0.25, -0.2) is 15.0 Å². The molecule has 146 valence electrons. The summed E-state index contributed by atoms with van der Waals surface area (Å²) >= 11 is 7.64. The Morgan fingerprint density at radius 3 is 2.89 bits per heavy atom. The van der Waals surface area contributed by atoms with Gasteiger partial charge in [0.25, 0.3) is 0 Å². The van der Waals surface area contributed by atoms with Crippen molar-refractivity contribution in [1.29, 1.82) is 0 Å². The molecule has 28 heavy (non-hydrogen) atoms. The molecule has 0 spiro atoms. The van der Waals surface area contributed by atoms with Crippen LogP contribution >= 0.6 is 23.4 Å². The summed E-state index contributed by atoms with van der Waals surface area (Å²) in [5, 5.41) is 5.56. The van der Waals surface area contributed by atoms with Gasteiger partial charge >= 0.3 is 0 Å². The number of amides is 1. The maximum Gasteiger partial charge on any atom is 0.229 e. The van der Waals surface area contributed by atoms with E-state index in [9.17, 15) is 4.79 Å². The maximum absolute atomic E-state index is 12.9.